The third kappa shape index (κ3) is 2.01. The Morgan fingerprint density at radius 3 is 3.06 bits per heavy atom. The van der Waals surface area contributed by atoms with Crippen LogP contribution >= 0.6 is 0 Å². The number of aromatic nitrogens is 3. The maximum Gasteiger partial charge on any atom is 0.263 e. The van der Waals surface area contributed by atoms with Crippen molar-refractivity contribution in [3.63, 3.8) is 0 Å². The molecule has 0 atom stereocenters. The highest BCUT2D eigenvalue weighted by molar-refractivity contribution is 5.50. The zero-order valence-electron chi connectivity index (χ0n) is 9.07. The van der Waals surface area contributed by atoms with E-state index >= 15 is 0 Å². The van der Waals surface area contributed by atoms with Gasteiger partial charge in [0.25, 0.3) is 5.89 Å². The molecule has 2 heterocycles. The second-order valence-corrected chi connectivity index (χ2v) is 3.44. The van der Waals surface area contributed by atoms with E-state index in [-0.39, 0.29) is 11.3 Å². The predicted molar refractivity (Wildman–Crippen MR) is 57.9 cm³/mol. The van der Waals surface area contributed by atoms with Crippen molar-refractivity contribution in [1.82, 2.24) is 20.4 Å². The van der Waals surface area contributed by atoms with Gasteiger partial charge < -0.3 is 14.8 Å². The van der Waals surface area contributed by atoms with Gasteiger partial charge in [-0.2, -0.15) is 4.98 Å². The number of aryl methyl sites for hydroxylation is 1. The van der Waals surface area contributed by atoms with Gasteiger partial charge in [-0.15, -0.1) is 0 Å². The molecule has 2 N–H and O–H groups in total. The van der Waals surface area contributed by atoms with Gasteiger partial charge in [0.1, 0.15) is 5.56 Å². The summed E-state index contributed by atoms with van der Waals surface area (Å²) in [5.74, 6) is 0.768. The molecular formula is C10H12N4O2. The summed E-state index contributed by atoms with van der Waals surface area (Å²) in [5, 5.41) is 6.65. The average molecular weight is 220 g/mol. The van der Waals surface area contributed by atoms with Crippen LogP contribution in [0.25, 0.3) is 11.5 Å². The van der Waals surface area contributed by atoms with Gasteiger partial charge >= 0.3 is 0 Å². The van der Waals surface area contributed by atoms with Crippen LogP contribution in [0.5, 0.6) is 0 Å². The number of hydrogen-bond acceptors (Lipinski definition) is 5. The van der Waals surface area contributed by atoms with Crippen LogP contribution in [0.1, 0.15) is 11.5 Å². The van der Waals surface area contributed by atoms with E-state index in [9.17, 15) is 4.79 Å². The van der Waals surface area contributed by atoms with Gasteiger partial charge in [-0.1, -0.05) is 5.16 Å². The number of nitrogens with zero attached hydrogens (tertiary/aromatic N) is 2. The van der Waals surface area contributed by atoms with Gasteiger partial charge in [0.05, 0.1) is 6.54 Å². The fraction of sp³-hybridized carbons (Fsp3) is 0.300. The van der Waals surface area contributed by atoms with Crippen LogP contribution in [0.15, 0.2) is 21.6 Å². The molecule has 0 fully saturated rings. The summed E-state index contributed by atoms with van der Waals surface area (Å²) in [6.07, 6.45) is 1.58. The zero-order valence-corrected chi connectivity index (χ0v) is 9.07. The largest absolute Gasteiger partial charge is 0.364 e. The SMILES string of the molecule is CNCc1noc(-c2c[nH]c(C)cc2=O)n1. The lowest BCUT2D eigenvalue weighted by molar-refractivity contribution is 0.420. The molecular weight excluding hydrogens is 208 g/mol. The maximum atomic E-state index is 11.6. The summed E-state index contributed by atoms with van der Waals surface area (Å²) < 4.78 is 5.00. The first-order valence-corrected chi connectivity index (χ1v) is 4.87. The van der Waals surface area contributed by atoms with Gasteiger partial charge in [-0.25, -0.2) is 0 Å². The van der Waals surface area contributed by atoms with E-state index in [0.29, 0.717) is 17.9 Å². The molecule has 0 unspecified atom stereocenters. The molecule has 2 aromatic rings. The van der Waals surface area contributed by atoms with Gasteiger partial charge in [0, 0.05) is 18.0 Å². The number of H-pyrrole nitrogens is 1. The van der Waals surface area contributed by atoms with Crippen molar-refractivity contribution in [2.75, 3.05) is 7.05 Å². The van der Waals surface area contributed by atoms with Crippen LogP contribution < -0.4 is 10.7 Å². The molecule has 0 spiro atoms. The molecule has 0 amide bonds. The number of rotatable bonds is 3. The molecule has 0 bridgehead atoms. The first kappa shape index (κ1) is 10.6. The van der Waals surface area contributed by atoms with Crippen molar-refractivity contribution in [1.29, 1.82) is 0 Å². The molecule has 0 saturated heterocycles. The lowest BCUT2D eigenvalue weighted by atomic mass is 10.2. The topological polar surface area (TPSA) is 83.8 Å². The Morgan fingerprint density at radius 1 is 1.56 bits per heavy atom. The predicted octanol–water partition coefficient (Wildman–Crippen LogP) is 0.453. The molecule has 6 nitrogen and oxygen atoms in total. The second-order valence-electron chi connectivity index (χ2n) is 3.44. The first-order chi connectivity index (χ1) is 7.70. The van der Waals surface area contributed by atoms with Crippen LogP contribution in [-0.2, 0) is 6.54 Å². The van der Waals surface area contributed by atoms with Crippen molar-refractivity contribution < 1.29 is 4.52 Å². The van der Waals surface area contributed by atoms with Gasteiger partial charge in [0.15, 0.2) is 11.3 Å². The number of pyridine rings is 1. The standard InChI is InChI=1S/C10H12N4O2/c1-6-3-8(15)7(4-12-6)10-13-9(5-11-2)14-16-10/h3-4,11H,5H2,1-2H3,(H,12,15). The monoisotopic (exact) mass is 220 g/mol. The molecule has 0 aliphatic heterocycles. The van der Waals surface area contributed by atoms with E-state index in [4.69, 9.17) is 4.52 Å². The minimum absolute atomic E-state index is 0.129. The lowest BCUT2D eigenvalue weighted by Crippen LogP contribution is -2.07. The fourth-order valence-electron chi connectivity index (χ4n) is 1.33. The van der Waals surface area contributed by atoms with E-state index < -0.39 is 0 Å². The van der Waals surface area contributed by atoms with E-state index in [1.807, 2.05) is 6.92 Å². The summed E-state index contributed by atoms with van der Waals surface area (Å²) in [4.78, 5) is 18.7. The molecule has 84 valence electrons. The average Bonchev–Trinajstić information content (AvgIpc) is 2.67. The van der Waals surface area contributed by atoms with Gasteiger partial charge in [-0.3, -0.25) is 4.79 Å². The van der Waals surface area contributed by atoms with Crippen molar-refractivity contribution in [2.24, 2.45) is 0 Å². The van der Waals surface area contributed by atoms with Crippen LogP contribution in [-0.4, -0.2) is 22.2 Å². The molecule has 0 aromatic carbocycles. The van der Waals surface area contributed by atoms with E-state index in [1.165, 1.54) is 6.07 Å². The Hall–Kier alpha value is -1.95. The summed E-state index contributed by atoms with van der Waals surface area (Å²) >= 11 is 0. The molecule has 6 heteroatoms. The molecule has 0 aliphatic rings. The summed E-state index contributed by atoms with van der Waals surface area (Å²) in [5.41, 5.74) is 1.06. The Kier molecular flexibility index (Phi) is 2.82. The minimum Gasteiger partial charge on any atom is -0.364 e. The highest BCUT2D eigenvalue weighted by Crippen LogP contribution is 2.11. The summed E-state index contributed by atoms with van der Waals surface area (Å²) in [7, 11) is 1.79. The van der Waals surface area contributed by atoms with Crippen LogP contribution in [0.2, 0.25) is 0 Å². The third-order valence-electron chi connectivity index (χ3n) is 2.09. The highest BCUT2D eigenvalue weighted by atomic mass is 16.5. The summed E-state index contributed by atoms with van der Waals surface area (Å²) in [6.45, 7) is 2.32. The Labute approximate surface area is 91.7 Å². The Bertz CT molecular complexity index is 544. The fourth-order valence-corrected chi connectivity index (χ4v) is 1.33. The zero-order chi connectivity index (χ0) is 11.5. The van der Waals surface area contributed by atoms with E-state index in [0.717, 1.165) is 5.69 Å². The second kappa shape index (κ2) is 4.28. The molecule has 2 aromatic heterocycles. The van der Waals surface area contributed by atoms with Crippen LogP contribution in [0, 0.1) is 6.92 Å². The maximum absolute atomic E-state index is 11.6. The molecule has 0 saturated carbocycles. The summed E-state index contributed by atoms with van der Waals surface area (Å²) in [6, 6.07) is 1.50. The smallest absolute Gasteiger partial charge is 0.263 e. The van der Waals surface area contributed by atoms with Crippen molar-refractivity contribution in [2.45, 2.75) is 13.5 Å². The van der Waals surface area contributed by atoms with Gasteiger partial charge in [-0.05, 0) is 14.0 Å². The Morgan fingerprint density at radius 2 is 2.38 bits per heavy atom. The number of aromatic amines is 1. The highest BCUT2D eigenvalue weighted by Gasteiger charge is 2.11. The quantitative estimate of drug-likeness (QED) is 0.784. The van der Waals surface area contributed by atoms with Gasteiger partial charge in [0.2, 0.25) is 0 Å². The first-order valence-electron chi connectivity index (χ1n) is 4.87. The molecule has 2 rings (SSSR count). The van der Waals surface area contributed by atoms with Crippen molar-refractivity contribution in [3.8, 4) is 11.5 Å². The van der Waals surface area contributed by atoms with Crippen molar-refractivity contribution >= 4 is 0 Å². The Balaban J connectivity index is 2.39. The normalized spacial score (nSPS) is 10.6. The molecule has 16 heavy (non-hydrogen) atoms. The lowest BCUT2D eigenvalue weighted by Gasteiger charge is -1.94. The minimum atomic E-state index is -0.129. The van der Waals surface area contributed by atoms with E-state index in [1.54, 1.807) is 13.2 Å². The van der Waals surface area contributed by atoms with Crippen LogP contribution in [0.4, 0.5) is 0 Å². The number of nitrogens with one attached hydrogen (secondary N) is 2. The van der Waals surface area contributed by atoms with E-state index in [2.05, 4.69) is 20.4 Å². The molecule has 0 radical (unpaired) electrons. The molecule has 0 aliphatic carbocycles. The third-order valence-corrected chi connectivity index (χ3v) is 2.09. The van der Waals surface area contributed by atoms with Crippen LogP contribution in [0.3, 0.4) is 0 Å². The van der Waals surface area contributed by atoms with Crippen molar-refractivity contribution in [3.05, 3.63) is 34.0 Å². The number of hydrogen-bond donors (Lipinski definition) is 2.